The third-order valence-electron chi connectivity index (χ3n) is 4.98. The summed E-state index contributed by atoms with van der Waals surface area (Å²) in [7, 11) is 0. The molecule has 0 aromatic heterocycles. The van der Waals surface area contributed by atoms with Crippen LogP contribution in [0.1, 0.15) is 45.1 Å². The van der Waals surface area contributed by atoms with Gasteiger partial charge in [0.05, 0.1) is 11.2 Å². The van der Waals surface area contributed by atoms with Gasteiger partial charge in [0.25, 0.3) is 0 Å². The van der Waals surface area contributed by atoms with Crippen LogP contribution in [0.2, 0.25) is 0 Å². The molecule has 154 valence electrons. The standard InChI is InChI=1S/C14H19NO3.C6H13NO.ClH/c1-14(17)7-9-15(10-8-14)13(16)18-11-12-5-3-2-4-6-12;1-6(8)2-4-7-5-3-6;/h2-6,17H,7-11H2,1H3;7-8H,2-5H2,1H3;1H. The zero-order chi connectivity index (χ0) is 19.0. The summed E-state index contributed by atoms with van der Waals surface area (Å²) < 4.78 is 5.24. The number of nitrogens with one attached hydrogen (secondary N) is 1. The number of piperidine rings is 2. The summed E-state index contributed by atoms with van der Waals surface area (Å²) in [4.78, 5) is 13.5. The molecule has 3 N–H and O–H groups in total. The van der Waals surface area contributed by atoms with Crippen molar-refractivity contribution in [1.29, 1.82) is 0 Å². The van der Waals surface area contributed by atoms with E-state index >= 15 is 0 Å². The monoisotopic (exact) mass is 400 g/mol. The first-order valence-corrected chi connectivity index (χ1v) is 9.39. The van der Waals surface area contributed by atoms with Crippen LogP contribution in [0.4, 0.5) is 4.79 Å². The van der Waals surface area contributed by atoms with Gasteiger partial charge in [0, 0.05) is 13.1 Å². The Morgan fingerprint density at radius 3 is 2.04 bits per heavy atom. The molecule has 2 fully saturated rings. The lowest BCUT2D eigenvalue weighted by molar-refractivity contribution is -0.00678. The minimum Gasteiger partial charge on any atom is -0.445 e. The number of likely N-dealkylation sites (tertiary alicyclic amines) is 1. The Morgan fingerprint density at radius 2 is 1.56 bits per heavy atom. The maximum absolute atomic E-state index is 11.8. The van der Waals surface area contributed by atoms with Crippen molar-refractivity contribution in [1.82, 2.24) is 10.2 Å². The molecule has 2 heterocycles. The number of carbonyl (C=O) groups is 1. The Bertz CT molecular complexity index is 548. The number of rotatable bonds is 2. The molecule has 0 unspecified atom stereocenters. The van der Waals surface area contributed by atoms with Crippen molar-refractivity contribution >= 4 is 18.5 Å². The fourth-order valence-corrected chi connectivity index (χ4v) is 2.95. The molecule has 3 rings (SSSR count). The topological polar surface area (TPSA) is 82.0 Å². The molecule has 2 aliphatic heterocycles. The summed E-state index contributed by atoms with van der Waals surface area (Å²) in [6, 6.07) is 9.61. The van der Waals surface area contributed by atoms with Crippen molar-refractivity contribution in [3.8, 4) is 0 Å². The quantitative estimate of drug-likeness (QED) is 0.711. The zero-order valence-electron chi connectivity index (χ0n) is 16.3. The first kappa shape index (κ1) is 23.7. The summed E-state index contributed by atoms with van der Waals surface area (Å²) in [5.41, 5.74) is -0.0450. The van der Waals surface area contributed by atoms with Gasteiger partial charge in [-0.25, -0.2) is 4.79 Å². The van der Waals surface area contributed by atoms with E-state index in [1.807, 2.05) is 37.3 Å². The molecule has 2 aliphatic rings. The highest BCUT2D eigenvalue weighted by molar-refractivity contribution is 5.85. The van der Waals surface area contributed by atoms with E-state index in [4.69, 9.17) is 4.74 Å². The number of nitrogens with zero attached hydrogens (tertiary/aromatic N) is 1. The second-order valence-corrected chi connectivity index (χ2v) is 7.77. The summed E-state index contributed by atoms with van der Waals surface area (Å²) in [6.07, 6.45) is 2.70. The number of amides is 1. The van der Waals surface area contributed by atoms with Gasteiger partial charge in [-0.05, 0) is 58.2 Å². The van der Waals surface area contributed by atoms with E-state index in [-0.39, 0.29) is 24.1 Å². The maximum atomic E-state index is 11.8. The van der Waals surface area contributed by atoms with Gasteiger partial charge in [0.2, 0.25) is 0 Å². The summed E-state index contributed by atoms with van der Waals surface area (Å²) in [5.74, 6) is 0. The van der Waals surface area contributed by atoms with Crippen molar-refractivity contribution in [2.75, 3.05) is 26.2 Å². The van der Waals surface area contributed by atoms with Gasteiger partial charge in [-0.2, -0.15) is 0 Å². The molecule has 27 heavy (non-hydrogen) atoms. The minimum atomic E-state index is -0.643. The maximum Gasteiger partial charge on any atom is 0.410 e. The lowest BCUT2D eigenvalue weighted by Gasteiger charge is -2.35. The summed E-state index contributed by atoms with van der Waals surface area (Å²) >= 11 is 0. The van der Waals surface area contributed by atoms with E-state index in [9.17, 15) is 15.0 Å². The molecule has 2 saturated heterocycles. The van der Waals surface area contributed by atoms with Crippen LogP contribution >= 0.6 is 12.4 Å². The third kappa shape index (κ3) is 8.93. The Kier molecular flexibility index (Phi) is 9.53. The third-order valence-corrected chi connectivity index (χ3v) is 4.98. The number of aliphatic hydroxyl groups is 2. The van der Waals surface area contributed by atoms with Crippen molar-refractivity contribution in [3.05, 3.63) is 35.9 Å². The molecule has 0 radical (unpaired) electrons. The molecule has 0 atom stereocenters. The van der Waals surface area contributed by atoms with Gasteiger partial charge in [0.15, 0.2) is 0 Å². The lowest BCUT2D eigenvalue weighted by Crippen LogP contribution is -2.45. The van der Waals surface area contributed by atoms with Gasteiger partial charge in [-0.15, -0.1) is 12.4 Å². The predicted molar refractivity (Wildman–Crippen MR) is 108 cm³/mol. The predicted octanol–water partition coefficient (Wildman–Crippen LogP) is 2.71. The molecular weight excluding hydrogens is 368 g/mol. The number of halogens is 1. The van der Waals surface area contributed by atoms with Crippen molar-refractivity contribution in [2.24, 2.45) is 0 Å². The Balaban J connectivity index is 0.000000342. The molecule has 0 spiro atoms. The number of hydrogen-bond donors (Lipinski definition) is 3. The first-order chi connectivity index (χ1) is 12.3. The second-order valence-electron chi connectivity index (χ2n) is 7.77. The van der Waals surface area contributed by atoms with E-state index in [0.29, 0.717) is 32.5 Å². The van der Waals surface area contributed by atoms with Crippen LogP contribution in [0.3, 0.4) is 0 Å². The minimum absolute atomic E-state index is 0. The van der Waals surface area contributed by atoms with Gasteiger partial charge in [-0.1, -0.05) is 30.3 Å². The highest BCUT2D eigenvalue weighted by Crippen LogP contribution is 2.21. The Labute approximate surface area is 168 Å². The number of benzene rings is 1. The average Bonchev–Trinajstić information content (AvgIpc) is 2.61. The average molecular weight is 401 g/mol. The van der Waals surface area contributed by atoms with E-state index in [2.05, 4.69) is 5.32 Å². The van der Waals surface area contributed by atoms with Gasteiger partial charge in [0.1, 0.15) is 6.61 Å². The van der Waals surface area contributed by atoms with Crippen LogP contribution in [0.25, 0.3) is 0 Å². The first-order valence-electron chi connectivity index (χ1n) is 9.39. The normalized spacial score (nSPS) is 20.5. The zero-order valence-corrected chi connectivity index (χ0v) is 17.1. The van der Waals surface area contributed by atoms with Crippen LogP contribution in [0, 0.1) is 0 Å². The van der Waals surface area contributed by atoms with Gasteiger partial charge >= 0.3 is 6.09 Å². The van der Waals surface area contributed by atoms with E-state index in [0.717, 1.165) is 31.5 Å². The fraction of sp³-hybridized carbons (Fsp3) is 0.650. The van der Waals surface area contributed by atoms with Gasteiger partial charge in [-0.3, -0.25) is 0 Å². The summed E-state index contributed by atoms with van der Waals surface area (Å²) in [6.45, 7) is 7.04. The Hall–Kier alpha value is -1.34. The second kappa shape index (κ2) is 10.9. The van der Waals surface area contributed by atoms with Crippen molar-refractivity contribution < 1.29 is 19.7 Å². The highest BCUT2D eigenvalue weighted by Gasteiger charge is 2.30. The van der Waals surface area contributed by atoms with E-state index in [1.54, 1.807) is 11.8 Å². The molecule has 1 amide bonds. The summed E-state index contributed by atoms with van der Waals surface area (Å²) in [5, 5.41) is 22.3. The van der Waals surface area contributed by atoms with Crippen molar-refractivity contribution in [3.63, 3.8) is 0 Å². The van der Waals surface area contributed by atoms with Crippen LogP contribution < -0.4 is 5.32 Å². The fourth-order valence-electron chi connectivity index (χ4n) is 2.95. The van der Waals surface area contributed by atoms with Crippen molar-refractivity contribution in [2.45, 2.75) is 57.3 Å². The Morgan fingerprint density at radius 1 is 1.04 bits per heavy atom. The largest absolute Gasteiger partial charge is 0.445 e. The molecule has 7 heteroatoms. The number of hydrogen-bond acceptors (Lipinski definition) is 5. The van der Waals surface area contributed by atoms with Crippen LogP contribution in [-0.4, -0.2) is 58.6 Å². The van der Waals surface area contributed by atoms with Crippen LogP contribution in [0.5, 0.6) is 0 Å². The van der Waals surface area contributed by atoms with E-state index < -0.39 is 5.60 Å². The van der Waals surface area contributed by atoms with E-state index in [1.165, 1.54) is 0 Å². The van der Waals surface area contributed by atoms with Crippen LogP contribution in [0.15, 0.2) is 30.3 Å². The SMILES string of the molecule is CC1(O)CCN(C(=O)OCc2ccccc2)CC1.CC1(O)CCNCC1.Cl. The number of carbonyl (C=O) groups excluding carboxylic acids is 1. The molecule has 6 nitrogen and oxygen atoms in total. The molecule has 1 aromatic carbocycles. The van der Waals surface area contributed by atoms with Gasteiger partial charge < -0.3 is 25.2 Å². The number of ether oxygens (including phenoxy) is 1. The molecule has 0 aliphatic carbocycles. The lowest BCUT2D eigenvalue weighted by atomic mass is 9.94. The molecule has 1 aromatic rings. The molecule has 0 saturated carbocycles. The molecule has 0 bridgehead atoms. The van der Waals surface area contributed by atoms with Crippen LogP contribution in [-0.2, 0) is 11.3 Å². The molecular formula is C20H33ClN2O4. The highest BCUT2D eigenvalue weighted by atomic mass is 35.5. The smallest absolute Gasteiger partial charge is 0.410 e.